The number of piperazine rings is 1. The molecule has 1 amide bonds. The highest BCUT2D eigenvalue weighted by Gasteiger charge is 2.16. The molecule has 24 heavy (non-hydrogen) atoms. The van der Waals surface area contributed by atoms with Crippen molar-refractivity contribution in [3.05, 3.63) is 47.4 Å². The minimum absolute atomic E-state index is 0. The van der Waals surface area contributed by atoms with Crippen molar-refractivity contribution in [1.82, 2.24) is 15.6 Å². The lowest BCUT2D eigenvalue weighted by Crippen LogP contribution is -2.43. The highest BCUT2D eigenvalue weighted by atomic mass is 35.5. The monoisotopic (exact) mass is 354 g/mol. The zero-order valence-corrected chi connectivity index (χ0v) is 14.2. The van der Waals surface area contributed by atoms with Crippen LogP contribution in [0.15, 0.2) is 29.0 Å². The first-order chi connectivity index (χ1) is 11.1. The van der Waals surface area contributed by atoms with Gasteiger partial charge in [0.05, 0.1) is 5.69 Å². The second kappa shape index (κ2) is 8.12. The maximum Gasteiger partial charge on any atom is 0.273 e. The number of hydrogen-bond acceptors (Lipinski definition) is 5. The molecule has 0 spiro atoms. The van der Waals surface area contributed by atoms with Gasteiger partial charge in [-0.3, -0.25) is 4.79 Å². The van der Waals surface area contributed by atoms with Crippen LogP contribution in [-0.2, 0) is 6.54 Å². The first-order valence-electron chi connectivity index (χ1n) is 7.57. The summed E-state index contributed by atoms with van der Waals surface area (Å²) < 4.78 is 19.3. The van der Waals surface area contributed by atoms with E-state index in [0.717, 1.165) is 26.2 Å². The van der Waals surface area contributed by atoms with Crippen molar-refractivity contribution in [1.29, 1.82) is 0 Å². The molecule has 1 saturated heterocycles. The van der Waals surface area contributed by atoms with Gasteiger partial charge in [-0.25, -0.2) is 9.37 Å². The van der Waals surface area contributed by atoms with Gasteiger partial charge in [0.25, 0.3) is 5.91 Å². The van der Waals surface area contributed by atoms with Crippen molar-refractivity contribution < 1.29 is 13.6 Å². The minimum atomic E-state index is -0.331. The van der Waals surface area contributed by atoms with Crippen molar-refractivity contribution in [2.45, 2.75) is 13.5 Å². The van der Waals surface area contributed by atoms with E-state index >= 15 is 0 Å². The molecule has 1 aromatic carbocycles. The highest BCUT2D eigenvalue weighted by molar-refractivity contribution is 5.92. The topological polar surface area (TPSA) is 70.4 Å². The van der Waals surface area contributed by atoms with E-state index in [1.165, 1.54) is 12.5 Å². The van der Waals surface area contributed by atoms with E-state index in [1.807, 2.05) is 11.0 Å². The number of nitrogens with zero attached hydrogens (tertiary/aromatic N) is 2. The summed E-state index contributed by atoms with van der Waals surface area (Å²) in [7, 11) is 0. The number of aromatic nitrogens is 1. The first-order valence-corrected chi connectivity index (χ1v) is 7.57. The van der Waals surface area contributed by atoms with Gasteiger partial charge >= 0.3 is 0 Å². The Morgan fingerprint density at radius 2 is 2.17 bits per heavy atom. The Balaban J connectivity index is 0.00000208. The van der Waals surface area contributed by atoms with Crippen LogP contribution in [0.25, 0.3) is 0 Å². The molecule has 0 radical (unpaired) electrons. The van der Waals surface area contributed by atoms with E-state index in [0.29, 0.717) is 17.0 Å². The summed E-state index contributed by atoms with van der Waals surface area (Å²) in [6.45, 7) is 5.20. The van der Waals surface area contributed by atoms with Crippen molar-refractivity contribution in [3.63, 3.8) is 0 Å². The molecular weight excluding hydrogens is 335 g/mol. The summed E-state index contributed by atoms with van der Waals surface area (Å²) in [6.07, 6.45) is 1.23. The molecule has 2 aromatic rings. The fraction of sp³-hybridized carbons (Fsp3) is 0.375. The smallest absolute Gasteiger partial charge is 0.273 e. The maximum atomic E-state index is 14.3. The number of aryl methyl sites for hydroxylation is 1. The Kier molecular flexibility index (Phi) is 6.16. The lowest BCUT2D eigenvalue weighted by atomic mass is 10.1. The average Bonchev–Trinajstić information content (AvgIpc) is 3.00. The standard InChI is InChI=1S/C16H19FN4O2.ClH/c1-11-15(20-10-23-11)16(22)19-9-12-2-3-14(13(17)8-12)21-6-4-18-5-7-21;/h2-3,8,10,18H,4-7,9H2,1H3,(H,19,22);1H. The molecule has 1 fully saturated rings. The first kappa shape index (κ1) is 18.2. The quantitative estimate of drug-likeness (QED) is 0.877. The third kappa shape index (κ3) is 4.04. The van der Waals surface area contributed by atoms with Crippen LogP contribution >= 0.6 is 12.4 Å². The number of rotatable bonds is 4. The van der Waals surface area contributed by atoms with Gasteiger partial charge in [0, 0.05) is 32.7 Å². The third-order valence-electron chi connectivity index (χ3n) is 3.88. The van der Waals surface area contributed by atoms with Crippen LogP contribution in [-0.4, -0.2) is 37.1 Å². The molecule has 0 unspecified atom stereocenters. The lowest BCUT2D eigenvalue weighted by Gasteiger charge is -2.29. The van der Waals surface area contributed by atoms with Crippen LogP contribution in [0.2, 0.25) is 0 Å². The van der Waals surface area contributed by atoms with Gasteiger partial charge in [0.1, 0.15) is 11.6 Å². The van der Waals surface area contributed by atoms with Gasteiger partial charge in [0.15, 0.2) is 12.1 Å². The maximum absolute atomic E-state index is 14.3. The second-order valence-electron chi connectivity index (χ2n) is 5.46. The predicted molar refractivity (Wildman–Crippen MR) is 91.1 cm³/mol. The molecule has 2 heterocycles. The molecule has 0 saturated carbocycles. The highest BCUT2D eigenvalue weighted by Crippen LogP contribution is 2.21. The van der Waals surface area contributed by atoms with Crippen LogP contribution in [0.1, 0.15) is 21.8 Å². The average molecular weight is 355 g/mol. The number of halogens is 2. The number of benzene rings is 1. The fourth-order valence-corrected chi connectivity index (χ4v) is 2.61. The molecule has 3 rings (SSSR count). The Morgan fingerprint density at radius 1 is 1.42 bits per heavy atom. The van der Waals surface area contributed by atoms with E-state index in [9.17, 15) is 9.18 Å². The van der Waals surface area contributed by atoms with Crippen molar-refractivity contribution in [3.8, 4) is 0 Å². The van der Waals surface area contributed by atoms with E-state index in [1.54, 1.807) is 13.0 Å². The molecule has 1 aromatic heterocycles. The summed E-state index contributed by atoms with van der Waals surface area (Å²) in [6, 6.07) is 5.06. The summed E-state index contributed by atoms with van der Waals surface area (Å²) in [5.41, 5.74) is 1.56. The number of nitrogens with one attached hydrogen (secondary N) is 2. The van der Waals surface area contributed by atoms with E-state index < -0.39 is 0 Å². The molecule has 0 atom stereocenters. The number of carbonyl (C=O) groups is 1. The van der Waals surface area contributed by atoms with Crippen molar-refractivity contribution >= 4 is 24.0 Å². The molecule has 6 nitrogen and oxygen atoms in total. The largest absolute Gasteiger partial charge is 0.448 e. The van der Waals surface area contributed by atoms with Crippen molar-refractivity contribution in [2.75, 3.05) is 31.1 Å². The SMILES string of the molecule is Cc1ocnc1C(=O)NCc1ccc(N2CCNCC2)c(F)c1.Cl. The normalized spacial score (nSPS) is 14.2. The molecule has 0 aliphatic carbocycles. The molecule has 2 N–H and O–H groups in total. The fourth-order valence-electron chi connectivity index (χ4n) is 2.61. The van der Waals surface area contributed by atoms with Gasteiger partial charge in [0.2, 0.25) is 0 Å². The number of oxazole rings is 1. The number of hydrogen-bond donors (Lipinski definition) is 2. The molecule has 1 aliphatic heterocycles. The van der Waals surface area contributed by atoms with E-state index in [4.69, 9.17) is 4.42 Å². The zero-order valence-electron chi connectivity index (χ0n) is 13.3. The number of amides is 1. The van der Waals surface area contributed by atoms with E-state index in [-0.39, 0.29) is 36.4 Å². The Morgan fingerprint density at radius 3 is 2.79 bits per heavy atom. The molecule has 1 aliphatic rings. The van der Waals surface area contributed by atoms with Crippen LogP contribution in [0.4, 0.5) is 10.1 Å². The molecule has 130 valence electrons. The Hall–Kier alpha value is -2.12. The van der Waals surface area contributed by atoms with Crippen LogP contribution in [0, 0.1) is 12.7 Å². The van der Waals surface area contributed by atoms with Gasteiger partial charge in [-0.15, -0.1) is 12.4 Å². The molecule has 0 bridgehead atoms. The minimum Gasteiger partial charge on any atom is -0.448 e. The third-order valence-corrected chi connectivity index (χ3v) is 3.88. The summed E-state index contributed by atoms with van der Waals surface area (Å²) in [5, 5.41) is 5.96. The van der Waals surface area contributed by atoms with Gasteiger partial charge < -0.3 is 20.0 Å². The zero-order chi connectivity index (χ0) is 16.2. The van der Waals surface area contributed by atoms with Gasteiger partial charge in [-0.1, -0.05) is 6.07 Å². The van der Waals surface area contributed by atoms with Crippen molar-refractivity contribution in [2.24, 2.45) is 0 Å². The summed E-state index contributed by atoms with van der Waals surface area (Å²) in [4.78, 5) is 17.8. The number of carbonyl (C=O) groups excluding carboxylic acids is 1. The second-order valence-corrected chi connectivity index (χ2v) is 5.46. The summed E-state index contributed by atoms with van der Waals surface area (Å²) >= 11 is 0. The van der Waals surface area contributed by atoms with Crippen LogP contribution in [0.3, 0.4) is 0 Å². The van der Waals surface area contributed by atoms with Gasteiger partial charge in [-0.2, -0.15) is 0 Å². The Bertz CT molecular complexity index is 701. The Labute approximate surface area is 145 Å². The number of anilines is 1. The molecular formula is C16H20ClFN4O2. The van der Waals surface area contributed by atoms with Crippen LogP contribution < -0.4 is 15.5 Å². The van der Waals surface area contributed by atoms with Gasteiger partial charge in [-0.05, 0) is 24.6 Å². The molecule has 8 heteroatoms. The van der Waals surface area contributed by atoms with E-state index in [2.05, 4.69) is 15.6 Å². The van der Waals surface area contributed by atoms with Crippen LogP contribution in [0.5, 0.6) is 0 Å². The predicted octanol–water partition coefficient (Wildman–Crippen LogP) is 1.88. The lowest BCUT2D eigenvalue weighted by molar-refractivity contribution is 0.0945. The summed E-state index contributed by atoms with van der Waals surface area (Å²) in [5.74, 6) is -0.137.